The maximum atomic E-state index is 13.8. The summed E-state index contributed by atoms with van der Waals surface area (Å²) in [6.07, 6.45) is 1.78. The van der Waals surface area contributed by atoms with Crippen LogP contribution < -0.4 is 19.1 Å². The summed E-state index contributed by atoms with van der Waals surface area (Å²) in [4.78, 5) is 28.2. The second kappa shape index (κ2) is 11.7. The summed E-state index contributed by atoms with van der Waals surface area (Å²) in [6, 6.07) is 22.1. The van der Waals surface area contributed by atoms with Gasteiger partial charge in [-0.3, -0.25) is 14.3 Å². The molecular weight excluding hydrogens is 578 g/mol. The Labute approximate surface area is 256 Å². The fourth-order valence-corrected chi connectivity index (χ4v) is 7.08. The predicted molar refractivity (Wildman–Crippen MR) is 171 cm³/mol. The van der Waals surface area contributed by atoms with Crippen LogP contribution in [0.1, 0.15) is 40.9 Å². The number of nitrogens with one attached hydrogen (secondary N) is 1. The van der Waals surface area contributed by atoms with Crippen molar-refractivity contribution >= 4 is 49.2 Å². The highest BCUT2D eigenvalue weighted by atomic mass is 32.2. The first-order valence-electron chi connectivity index (χ1n) is 14.5. The average molecular weight is 612 g/mol. The molecule has 2 heterocycles. The second-order valence-electron chi connectivity index (χ2n) is 10.7. The van der Waals surface area contributed by atoms with Crippen LogP contribution in [-0.2, 0) is 40.6 Å². The number of carbonyl (C=O) groups is 2. The Morgan fingerprint density at radius 2 is 1.48 bits per heavy atom. The van der Waals surface area contributed by atoms with Gasteiger partial charge in [0.2, 0.25) is 15.9 Å². The Morgan fingerprint density at radius 1 is 0.864 bits per heavy atom. The molecule has 0 saturated heterocycles. The number of hydrogen-bond acceptors (Lipinski definition) is 6. The number of rotatable bonds is 10. The largest absolute Gasteiger partial charge is 0.493 e. The molecule has 2 amide bonds. The summed E-state index contributed by atoms with van der Waals surface area (Å²) in [7, 11) is -2.07. The van der Waals surface area contributed by atoms with E-state index in [4.69, 9.17) is 9.47 Å². The molecule has 0 bridgehead atoms. The molecule has 1 N–H and O–H groups in total. The van der Waals surface area contributed by atoms with Gasteiger partial charge in [-0.05, 0) is 43.2 Å². The van der Waals surface area contributed by atoms with E-state index in [0.717, 1.165) is 32.8 Å². The van der Waals surface area contributed by atoms with Gasteiger partial charge in [-0.2, -0.15) is 0 Å². The van der Waals surface area contributed by atoms with E-state index >= 15 is 0 Å². The van der Waals surface area contributed by atoms with Crippen molar-refractivity contribution in [3.63, 3.8) is 0 Å². The number of sulfonamides is 1. The minimum absolute atomic E-state index is 0.0559. The third-order valence-corrected chi connectivity index (χ3v) is 9.03. The summed E-state index contributed by atoms with van der Waals surface area (Å²) in [5.74, 6) is 0.0180. The number of ether oxygens (including phenoxy) is 2. The van der Waals surface area contributed by atoms with E-state index in [1.54, 1.807) is 29.2 Å². The van der Waals surface area contributed by atoms with E-state index in [1.165, 1.54) is 0 Å². The van der Waals surface area contributed by atoms with E-state index in [-0.39, 0.29) is 24.6 Å². The predicted octanol–water partition coefficient (Wildman–Crippen LogP) is 5.48. The van der Waals surface area contributed by atoms with Crippen molar-refractivity contribution in [1.82, 2.24) is 9.29 Å². The van der Waals surface area contributed by atoms with Crippen molar-refractivity contribution in [3.8, 4) is 11.5 Å². The van der Waals surface area contributed by atoms with Gasteiger partial charge in [0.15, 0.2) is 0 Å². The molecule has 226 valence electrons. The highest BCUT2D eigenvalue weighted by Gasteiger charge is 2.36. The number of aromatic nitrogens is 1. The first-order chi connectivity index (χ1) is 21.2. The number of aryl methyl sites for hydroxylation is 1. The second-order valence-corrected chi connectivity index (χ2v) is 12.4. The van der Waals surface area contributed by atoms with Crippen LogP contribution in [0.2, 0.25) is 0 Å². The minimum Gasteiger partial charge on any atom is -0.493 e. The van der Waals surface area contributed by atoms with E-state index < -0.39 is 15.9 Å². The SMILES string of the molecule is CCOc1c2c(c(OCC)c3ccccc13)C(=O)N(c1ccc(CS(=O)(=O)NC(=O)Cc3cn(C)c4ccccc34)cc1)C2. The van der Waals surface area contributed by atoms with Gasteiger partial charge >= 0.3 is 0 Å². The summed E-state index contributed by atoms with van der Waals surface area (Å²) < 4.78 is 42.0. The summed E-state index contributed by atoms with van der Waals surface area (Å²) in [5, 5.41) is 2.61. The summed E-state index contributed by atoms with van der Waals surface area (Å²) >= 11 is 0. The van der Waals surface area contributed by atoms with Crippen LogP contribution in [0.25, 0.3) is 21.7 Å². The topological polar surface area (TPSA) is 107 Å². The first-order valence-corrected chi connectivity index (χ1v) is 16.2. The number of anilines is 1. The van der Waals surface area contributed by atoms with Gasteiger partial charge in [0.1, 0.15) is 11.5 Å². The highest BCUT2D eigenvalue weighted by molar-refractivity contribution is 7.89. The fraction of sp³-hybridized carbons (Fsp3) is 0.235. The molecule has 0 saturated carbocycles. The third-order valence-electron chi connectivity index (χ3n) is 7.78. The zero-order chi connectivity index (χ0) is 31.0. The summed E-state index contributed by atoms with van der Waals surface area (Å²) in [6.45, 7) is 4.93. The Hall–Kier alpha value is -4.83. The van der Waals surface area contributed by atoms with Crippen LogP contribution in [0.15, 0.2) is 79.0 Å². The van der Waals surface area contributed by atoms with E-state index in [1.807, 2.05) is 80.2 Å². The smallest absolute Gasteiger partial charge is 0.262 e. The first kappa shape index (κ1) is 29.3. The fourth-order valence-electron chi connectivity index (χ4n) is 5.96. The normalized spacial score (nSPS) is 13.0. The molecule has 0 fully saturated rings. The molecule has 6 rings (SSSR count). The zero-order valence-corrected chi connectivity index (χ0v) is 25.6. The molecule has 5 aromatic rings. The molecule has 10 heteroatoms. The molecule has 4 aromatic carbocycles. The molecule has 1 aliphatic heterocycles. The highest BCUT2D eigenvalue weighted by Crippen LogP contribution is 2.46. The molecular formula is C34H33N3O6S. The van der Waals surface area contributed by atoms with Gasteiger partial charge in [0.05, 0.1) is 37.5 Å². The Morgan fingerprint density at radius 3 is 2.16 bits per heavy atom. The lowest BCUT2D eigenvalue weighted by molar-refractivity contribution is -0.118. The van der Waals surface area contributed by atoms with Gasteiger partial charge in [0, 0.05) is 46.2 Å². The van der Waals surface area contributed by atoms with Crippen LogP contribution in [0.4, 0.5) is 5.69 Å². The maximum absolute atomic E-state index is 13.8. The van der Waals surface area contributed by atoms with E-state index in [2.05, 4.69) is 4.72 Å². The van der Waals surface area contributed by atoms with Crippen molar-refractivity contribution in [2.45, 2.75) is 32.6 Å². The van der Waals surface area contributed by atoms with Gasteiger partial charge in [-0.1, -0.05) is 54.6 Å². The molecule has 0 radical (unpaired) electrons. The third kappa shape index (κ3) is 5.37. The lowest BCUT2D eigenvalue weighted by Crippen LogP contribution is -2.32. The molecule has 1 aromatic heterocycles. The molecule has 44 heavy (non-hydrogen) atoms. The summed E-state index contributed by atoms with van der Waals surface area (Å²) in [5.41, 5.74) is 4.06. The number of carbonyl (C=O) groups excluding carboxylic acids is 2. The molecule has 1 aliphatic rings. The quantitative estimate of drug-likeness (QED) is 0.224. The lowest BCUT2D eigenvalue weighted by atomic mass is 9.99. The number of nitrogens with zero attached hydrogens (tertiary/aromatic N) is 2. The number of hydrogen-bond donors (Lipinski definition) is 1. The van der Waals surface area contributed by atoms with Crippen LogP contribution in [0.5, 0.6) is 11.5 Å². The monoisotopic (exact) mass is 611 g/mol. The van der Waals surface area contributed by atoms with Crippen molar-refractivity contribution in [2.75, 3.05) is 18.1 Å². The van der Waals surface area contributed by atoms with Crippen LogP contribution in [0.3, 0.4) is 0 Å². The molecule has 0 unspecified atom stereocenters. The molecule has 9 nitrogen and oxygen atoms in total. The molecule has 0 aliphatic carbocycles. The van der Waals surface area contributed by atoms with Crippen LogP contribution >= 0.6 is 0 Å². The maximum Gasteiger partial charge on any atom is 0.262 e. The average Bonchev–Trinajstić information content (AvgIpc) is 3.51. The van der Waals surface area contributed by atoms with E-state index in [9.17, 15) is 18.0 Å². The van der Waals surface area contributed by atoms with Crippen molar-refractivity contribution in [3.05, 3.63) is 101 Å². The van der Waals surface area contributed by atoms with Gasteiger partial charge in [-0.15, -0.1) is 0 Å². The standard InChI is InChI=1S/C34H33N3O6S/c1-4-42-32-26-11-6-7-12-27(26)33(43-5-2)31-28(32)20-37(34(31)39)24-16-14-22(15-17-24)21-44(40,41)35-30(38)18-23-19-36(3)29-13-9-8-10-25(23)29/h6-17,19H,4-5,18,20-21H2,1-3H3,(H,35,38). The number of amides is 2. The van der Waals surface area contributed by atoms with Crippen molar-refractivity contribution < 1.29 is 27.5 Å². The lowest BCUT2D eigenvalue weighted by Gasteiger charge is -2.16. The van der Waals surface area contributed by atoms with Gasteiger partial charge < -0.3 is 18.9 Å². The number of fused-ring (bicyclic) bond motifs is 3. The van der Waals surface area contributed by atoms with Gasteiger partial charge in [0.25, 0.3) is 5.91 Å². The van der Waals surface area contributed by atoms with E-state index in [0.29, 0.717) is 41.5 Å². The number of benzene rings is 4. The van der Waals surface area contributed by atoms with Crippen molar-refractivity contribution in [1.29, 1.82) is 0 Å². The van der Waals surface area contributed by atoms with Gasteiger partial charge in [-0.25, -0.2) is 8.42 Å². The molecule has 0 atom stereocenters. The zero-order valence-electron chi connectivity index (χ0n) is 24.8. The Kier molecular flexibility index (Phi) is 7.77. The van der Waals surface area contributed by atoms with Crippen LogP contribution in [-0.4, -0.2) is 38.0 Å². The number of para-hydroxylation sites is 1. The Bertz CT molecular complexity index is 2020. The Balaban J connectivity index is 1.20. The molecule has 0 spiro atoms. The minimum atomic E-state index is -3.95. The van der Waals surface area contributed by atoms with Crippen molar-refractivity contribution in [2.24, 2.45) is 7.05 Å². The van der Waals surface area contributed by atoms with Crippen LogP contribution in [0, 0.1) is 0 Å².